The monoisotopic (exact) mass is 422 g/mol. The van der Waals surface area contributed by atoms with Crippen molar-refractivity contribution in [2.45, 2.75) is 65.0 Å². The Bertz CT molecular complexity index is 784. The molecule has 0 radical (unpaired) electrons. The Labute approximate surface area is 190 Å². The Balaban J connectivity index is 1.71. The molecule has 2 aromatic rings. The van der Waals surface area contributed by atoms with Crippen molar-refractivity contribution in [1.29, 1.82) is 0 Å². The molecule has 31 heavy (non-hydrogen) atoms. The van der Waals surface area contributed by atoms with E-state index in [-0.39, 0.29) is 5.60 Å². The maximum atomic E-state index is 6.12. The highest BCUT2D eigenvalue weighted by molar-refractivity contribution is 5.45. The lowest BCUT2D eigenvalue weighted by molar-refractivity contribution is -0.109. The largest absolute Gasteiger partial charge is 0.378 e. The average Bonchev–Trinajstić information content (AvgIpc) is 2.73. The van der Waals surface area contributed by atoms with E-state index < -0.39 is 0 Å². The molecule has 3 rings (SSSR count). The minimum Gasteiger partial charge on any atom is -0.378 e. The van der Waals surface area contributed by atoms with Gasteiger partial charge in [-0.25, -0.2) is 0 Å². The van der Waals surface area contributed by atoms with Gasteiger partial charge in [0.25, 0.3) is 0 Å². The molecule has 1 saturated heterocycles. The summed E-state index contributed by atoms with van der Waals surface area (Å²) in [5.41, 5.74) is 4.40. The maximum Gasteiger partial charge on any atom is 0.0631 e. The molecule has 0 spiro atoms. The van der Waals surface area contributed by atoms with Gasteiger partial charge in [-0.3, -0.25) is 4.90 Å². The van der Waals surface area contributed by atoms with E-state index in [1.54, 1.807) is 0 Å². The van der Waals surface area contributed by atoms with Crippen LogP contribution in [0.5, 0.6) is 0 Å². The lowest BCUT2D eigenvalue weighted by Gasteiger charge is -2.46. The van der Waals surface area contributed by atoms with E-state index in [0.717, 1.165) is 45.5 Å². The summed E-state index contributed by atoms with van der Waals surface area (Å²) in [6, 6.07) is 20.1. The van der Waals surface area contributed by atoms with Crippen molar-refractivity contribution in [3.05, 3.63) is 65.7 Å². The summed E-state index contributed by atoms with van der Waals surface area (Å²) in [5.74, 6) is 0. The number of anilines is 1. The Morgan fingerprint density at radius 1 is 0.903 bits per heavy atom. The standard InChI is InChI=1S/C28H42N2O/c1-6-18-30(22-25-12-14-26(15-13-25)29(4)5)19-16-28(17-20-31-27(2,3)23-28)21-24-10-8-7-9-11-24/h7-15H,6,16-23H2,1-5H3/t28-/m1/s1. The van der Waals surface area contributed by atoms with Crippen molar-refractivity contribution >= 4 is 5.69 Å². The van der Waals surface area contributed by atoms with E-state index in [9.17, 15) is 0 Å². The zero-order valence-corrected chi connectivity index (χ0v) is 20.4. The highest BCUT2D eigenvalue weighted by Crippen LogP contribution is 2.44. The quantitative estimate of drug-likeness (QED) is 0.455. The lowest BCUT2D eigenvalue weighted by atomic mass is 9.68. The molecule has 0 N–H and O–H groups in total. The van der Waals surface area contributed by atoms with Crippen molar-refractivity contribution in [1.82, 2.24) is 4.90 Å². The molecular formula is C28H42N2O. The second-order valence-electron chi connectivity index (χ2n) is 10.3. The SMILES string of the molecule is CCCN(CC[C@]1(Cc2ccccc2)CCOC(C)(C)C1)Cc1ccc(N(C)C)cc1. The molecule has 0 bridgehead atoms. The van der Waals surface area contributed by atoms with Crippen LogP contribution in [0.15, 0.2) is 54.6 Å². The minimum atomic E-state index is -0.0371. The van der Waals surface area contributed by atoms with E-state index in [2.05, 4.69) is 99.3 Å². The topological polar surface area (TPSA) is 15.7 Å². The predicted molar refractivity (Wildman–Crippen MR) is 133 cm³/mol. The first-order valence-electron chi connectivity index (χ1n) is 12.0. The molecule has 1 aliphatic heterocycles. The molecule has 0 saturated carbocycles. The van der Waals surface area contributed by atoms with E-state index in [0.29, 0.717) is 5.41 Å². The van der Waals surface area contributed by atoms with Crippen LogP contribution in [0.4, 0.5) is 5.69 Å². The molecule has 170 valence electrons. The molecule has 1 aliphatic rings. The number of rotatable bonds is 10. The molecule has 3 heteroatoms. The first-order valence-corrected chi connectivity index (χ1v) is 12.0. The highest BCUT2D eigenvalue weighted by atomic mass is 16.5. The number of nitrogens with zero attached hydrogens (tertiary/aromatic N) is 2. The molecule has 1 fully saturated rings. The van der Waals surface area contributed by atoms with Crippen LogP contribution in [0.3, 0.4) is 0 Å². The number of ether oxygens (including phenoxy) is 1. The zero-order valence-electron chi connectivity index (χ0n) is 20.4. The van der Waals surface area contributed by atoms with Gasteiger partial charge in [0.15, 0.2) is 0 Å². The zero-order chi connectivity index (χ0) is 22.3. The Morgan fingerprint density at radius 3 is 2.23 bits per heavy atom. The van der Waals surface area contributed by atoms with Crippen LogP contribution in [0.2, 0.25) is 0 Å². The average molecular weight is 423 g/mol. The van der Waals surface area contributed by atoms with Crippen molar-refractivity contribution in [3.8, 4) is 0 Å². The van der Waals surface area contributed by atoms with Gasteiger partial charge in [0, 0.05) is 32.9 Å². The number of hydrogen-bond acceptors (Lipinski definition) is 3. The Kier molecular flexibility index (Phi) is 8.18. The van der Waals surface area contributed by atoms with Crippen LogP contribution >= 0.6 is 0 Å². The number of hydrogen-bond donors (Lipinski definition) is 0. The fourth-order valence-electron chi connectivity index (χ4n) is 5.21. The first kappa shape index (κ1) is 23.8. The molecule has 1 atom stereocenters. The molecule has 1 heterocycles. The predicted octanol–water partition coefficient (Wildman–Crippen LogP) is 6.17. The third-order valence-electron chi connectivity index (χ3n) is 6.70. The van der Waals surface area contributed by atoms with Gasteiger partial charge in [-0.1, -0.05) is 49.4 Å². The fourth-order valence-corrected chi connectivity index (χ4v) is 5.21. The van der Waals surface area contributed by atoms with Crippen molar-refractivity contribution < 1.29 is 4.74 Å². The summed E-state index contributed by atoms with van der Waals surface area (Å²) in [6.07, 6.45) is 5.86. The van der Waals surface area contributed by atoms with Crippen LogP contribution in [0, 0.1) is 5.41 Å². The Hall–Kier alpha value is -1.84. The van der Waals surface area contributed by atoms with Crippen LogP contribution in [-0.4, -0.2) is 44.3 Å². The van der Waals surface area contributed by atoms with E-state index in [1.807, 2.05) is 0 Å². The van der Waals surface area contributed by atoms with Gasteiger partial charge in [0.05, 0.1) is 5.60 Å². The first-order chi connectivity index (χ1) is 14.8. The van der Waals surface area contributed by atoms with E-state index in [4.69, 9.17) is 4.74 Å². The van der Waals surface area contributed by atoms with Crippen molar-refractivity contribution in [3.63, 3.8) is 0 Å². The van der Waals surface area contributed by atoms with Gasteiger partial charge in [0.1, 0.15) is 0 Å². The molecule has 0 unspecified atom stereocenters. The third kappa shape index (κ3) is 7.08. The van der Waals surface area contributed by atoms with E-state index >= 15 is 0 Å². The van der Waals surface area contributed by atoms with Crippen molar-refractivity contribution in [2.75, 3.05) is 38.7 Å². The maximum absolute atomic E-state index is 6.12. The molecule has 3 nitrogen and oxygen atoms in total. The van der Waals surface area contributed by atoms with Gasteiger partial charge in [-0.2, -0.15) is 0 Å². The fraction of sp³-hybridized carbons (Fsp3) is 0.571. The summed E-state index contributed by atoms with van der Waals surface area (Å²) in [7, 11) is 4.19. The molecule has 0 amide bonds. The van der Waals surface area contributed by atoms with Gasteiger partial charge < -0.3 is 9.64 Å². The normalized spacial score (nSPS) is 20.7. The summed E-state index contributed by atoms with van der Waals surface area (Å²) in [4.78, 5) is 4.81. The Morgan fingerprint density at radius 2 is 1.61 bits per heavy atom. The van der Waals surface area contributed by atoms with Gasteiger partial charge in [-0.05, 0) is 87.7 Å². The lowest BCUT2D eigenvalue weighted by Crippen LogP contribution is -2.44. The highest BCUT2D eigenvalue weighted by Gasteiger charge is 2.40. The minimum absolute atomic E-state index is 0.0371. The van der Waals surface area contributed by atoms with Crippen LogP contribution in [0.25, 0.3) is 0 Å². The second-order valence-corrected chi connectivity index (χ2v) is 10.3. The van der Waals surface area contributed by atoms with Gasteiger partial charge in [-0.15, -0.1) is 0 Å². The van der Waals surface area contributed by atoms with Crippen LogP contribution in [0.1, 0.15) is 57.6 Å². The third-order valence-corrected chi connectivity index (χ3v) is 6.70. The van der Waals surface area contributed by atoms with Crippen molar-refractivity contribution in [2.24, 2.45) is 5.41 Å². The summed E-state index contributed by atoms with van der Waals surface area (Å²) in [6.45, 7) is 11.0. The smallest absolute Gasteiger partial charge is 0.0631 e. The molecule has 0 aromatic heterocycles. The van der Waals surface area contributed by atoms with Crippen LogP contribution < -0.4 is 4.90 Å². The molecule has 2 aromatic carbocycles. The second kappa shape index (κ2) is 10.7. The number of benzene rings is 2. The summed E-state index contributed by atoms with van der Waals surface area (Å²) in [5, 5.41) is 0. The molecule has 0 aliphatic carbocycles. The van der Waals surface area contributed by atoms with Gasteiger partial charge >= 0.3 is 0 Å². The summed E-state index contributed by atoms with van der Waals surface area (Å²) < 4.78 is 6.12. The van der Waals surface area contributed by atoms with E-state index in [1.165, 1.54) is 29.7 Å². The van der Waals surface area contributed by atoms with Gasteiger partial charge in [0.2, 0.25) is 0 Å². The molecular weight excluding hydrogens is 380 g/mol. The van der Waals surface area contributed by atoms with Crippen LogP contribution in [-0.2, 0) is 17.7 Å². The summed E-state index contributed by atoms with van der Waals surface area (Å²) >= 11 is 0.